The Morgan fingerprint density at radius 2 is 1.82 bits per heavy atom. The van der Waals surface area contributed by atoms with Gasteiger partial charge >= 0.3 is 0 Å². The van der Waals surface area contributed by atoms with Crippen molar-refractivity contribution in [3.8, 4) is 0 Å². The average Bonchev–Trinajstić information content (AvgIpc) is 3.49. The standard InChI is InChI=1S/C25H33N5O2S/c1-29(25-23-11-13-26-24(23)27-18-28-25)22-9-7-20(8-10-22)17-33(31,32)30-14-12-21(16-30)15-19-5-3-2-4-6-19/h2-6,11,13,18,20-22H,7-10,12,14-17H2,1H3,(H,26,27,28)/t20-,21?,22-. The van der Waals surface area contributed by atoms with Crippen molar-refractivity contribution in [3.63, 3.8) is 0 Å². The van der Waals surface area contributed by atoms with Crippen LogP contribution in [-0.4, -0.2) is 59.6 Å². The van der Waals surface area contributed by atoms with Crippen LogP contribution in [0.15, 0.2) is 48.9 Å². The van der Waals surface area contributed by atoms with Crippen molar-refractivity contribution < 1.29 is 8.42 Å². The first-order chi connectivity index (χ1) is 16.0. The molecule has 0 spiro atoms. The molecule has 176 valence electrons. The van der Waals surface area contributed by atoms with Gasteiger partial charge in [-0.25, -0.2) is 22.7 Å². The Kier molecular flexibility index (Phi) is 6.38. The molecule has 1 atom stereocenters. The van der Waals surface area contributed by atoms with E-state index in [0.29, 0.717) is 25.0 Å². The van der Waals surface area contributed by atoms with Crippen molar-refractivity contribution in [2.75, 3.05) is 30.8 Å². The lowest BCUT2D eigenvalue weighted by atomic mass is 9.86. The summed E-state index contributed by atoms with van der Waals surface area (Å²) in [4.78, 5) is 14.2. The van der Waals surface area contributed by atoms with Crippen molar-refractivity contribution >= 4 is 26.9 Å². The van der Waals surface area contributed by atoms with Crippen molar-refractivity contribution in [1.29, 1.82) is 0 Å². The number of anilines is 1. The van der Waals surface area contributed by atoms with E-state index in [4.69, 9.17) is 0 Å². The van der Waals surface area contributed by atoms with E-state index in [1.54, 1.807) is 10.6 Å². The average molecular weight is 468 g/mol. The van der Waals surface area contributed by atoms with Gasteiger partial charge in [0.15, 0.2) is 0 Å². The number of sulfonamides is 1. The number of nitrogens with one attached hydrogen (secondary N) is 1. The Labute approximate surface area is 196 Å². The van der Waals surface area contributed by atoms with Crippen LogP contribution < -0.4 is 4.90 Å². The van der Waals surface area contributed by atoms with E-state index in [1.807, 2.05) is 18.3 Å². The fourth-order valence-electron chi connectivity index (χ4n) is 5.58. The molecule has 1 aromatic carbocycles. The Bertz CT molecular complexity index is 1170. The zero-order chi connectivity index (χ0) is 22.8. The second-order valence-electron chi connectivity index (χ2n) is 9.70. The molecule has 0 bridgehead atoms. The lowest BCUT2D eigenvalue weighted by Gasteiger charge is -2.35. The second kappa shape index (κ2) is 9.43. The first-order valence-corrected chi connectivity index (χ1v) is 13.6. The van der Waals surface area contributed by atoms with Gasteiger partial charge in [-0.05, 0) is 62.0 Å². The molecule has 3 heterocycles. The van der Waals surface area contributed by atoms with Crippen LogP contribution in [0, 0.1) is 11.8 Å². The summed E-state index contributed by atoms with van der Waals surface area (Å²) >= 11 is 0. The molecule has 1 aliphatic carbocycles. The summed E-state index contributed by atoms with van der Waals surface area (Å²) in [6.07, 6.45) is 9.27. The van der Waals surface area contributed by atoms with Crippen LogP contribution in [-0.2, 0) is 16.4 Å². The summed E-state index contributed by atoms with van der Waals surface area (Å²) in [6.45, 7) is 1.33. The van der Waals surface area contributed by atoms with Crippen molar-refractivity contribution in [2.24, 2.45) is 11.8 Å². The van der Waals surface area contributed by atoms with E-state index >= 15 is 0 Å². The summed E-state index contributed by atoms with van der Waals surface area (Å²) in [5, 5.41) is 1.03. The van der Waals surface area contributed by atoms with Gasteiger partial charge in [-0.1, -0.05) is 30.3 Å². The van der Waals surface area contributed by atoms with Gasteiger partial charge < -0.3 is 9.88 Å². The van der Waals surface area contributed by atoms with E-state index in [9.17, 15) is 8.42 Å². The number of nitrogens with zero attached hydrogens (tertiary/aromatic N) is 4. The minimum atomic E-state index is -3.20. The maximum absolute atomic E-state index is 13.1. The third-order valence-electron chi connectivity index (χ3n) is 7.49. The number of aromatic amines is 1. The molecule has 3 aromatic rings. The molecule has 1 saturated heterocycles. The van der Waals surface area contributed by atoms with Gasteiger partial charge in [-0.3, -0.25) is 0 Å². The third kappa shape index (κ3) is 4.92. The van der Waals surface area contributed by atoms with Gasteiger partial charge in [-0.2, -0.15) is 0 Å². The van der Waals surface area contributed by atoms with Gasteiger partial charge in [0, 0.05) is 32.4 Å². The molecule has 2 aromatic heterocycles. The number of fused-ring (bicyclic) bond motifs is 1. The lowest BCUT2D eigenvalue weighted by molar-refractivity contribution is 0.335. The molecule has 8 heteroatoms. The number of aromatic nitrogens is 3. The van der Waals surface area contributed by atoms with E-state index in [0.717, 1.165) is 55.4 Å². The molecule has 1 unspecified atom stereocenters. The lowest BCUT2D eigenvalue weighted by Crippen LogP contribution is -2.39. The van der Waals surface area contributed by atoms with E-state index in [1.165, 1.54) is 5.56 Å². The highest BCUT2D eigenvalue weighted by atomic mass is 32.2. The maximum Gasteiger partial charge on any atom is 0.214 e. The first-order valence-electron chi connectivity index (χ1n) is 12.0. The summed E-state index contributed by atoms with van der Waals surface area (Å²) in [7, 11) is -1.11. The Hall–Kier alpha value is -2.45. The van der Waals surface area contributed by atoms with E-state index in [-0.39, 0.29) is 11.7 Å². The molecule has 33 heavy (non-hydrogen) atoms. The molecule has 1 aliphatic heterocycles. The molecular weight excluding hydrogens is 434 g/mol. The van der Waals surface area contributed by atoms with Crippen LogP contribution in [0.25, 0.3) is 11.0 Å². The van der Waals surface area contributed by atoms with E-state index < -0.39 is 10.0 Å². The minimum absolute atomic E-state index is 0.241. The van der Waals surface area contributed by atoms with Crippen LogP contribution in [0.5, 0.6) is 0 Å². The van der Waals surface area contributed by atoms with E-state index in [2.05, 4.69) is 51.2 Å². The quantitative estimate of drug-likeness (QED) is 0.571. The van der Waals surface area contributed by atoms with Gasteiger partial charge in [0.2, 0.25) is 10.0 Å². The highest BCUT2D eigenvalue weighted by molar-refractivity contribution is 7.89. The first kappa shape index (κ1) is 22.3. The number of rotatable bonds is 7. The molecule has 2 fully saturated rings. The third-order valence-corrected chi connectivity index (χ3v) is 9.50. The van der Waals surface area contributed by atoms with Crippen LogP contribution in [0.4, 0.5) is 5.82 Å². The predicted octanol–water partition coefficient (Wildman–Crippen LogP) is 3.85. The maximum atomic E-state index is 13.1. The van der Waals surface area contributed by atoms with Crippen LogP contribution in [0.2, 0.25) is 0 Å². The Balaban J connectivity index is 1.14. The largest absolute Gasteiger partial charge is 0.356 e. The van der Waals surface area contributed by atoms with Gasteiger partial charge in [-0.15, -0.1) is 0 Å². The van der Waals surface area contributed by atoms with Gasteiger partial charge in [0.05, 0.1) is 11.1 Å². The van der Waals surface area contributed by atoms with Crippen molar-refractivity contribution in [1.82, 2.24) is 19.3 Å². The number of benzene rings is 1. The van der Waals surface area contributed by atoms with Crippen molar-refractivity contribution in [3.05, 3.63) is 54.5 Å². The molecule has 7 nitrogen and oxygen atoms in total. The van der Waals surface area contributed by atoms with Crippen LogP contribution in [0.3, 0.4) is 0 Å². The SMILES string of the molecule is CN(c1ncnc2[nH]ccc12)[C@H]1CC[C@H](CS(=O)(=O)N2CCC(Cc3ccccc3)C2)CC1. The number of hydrogen-bond donors (Lipinski definition) is 1. The van der Waals surface area contributed by atoms with Crippen LogP contribution in [0.1, 0.15) is 37.7 Å². The summed E-state index contributed by atoms with van der Waals surface area (Å²) in [5.41, 5.74) is 2.15. The minimum Gasteiger partial charge on any atom is -0.356 e. The van der Waals surface area contributed by atoms with Crippen LogP contribution >= 0.6 is 0 Å². The normalized spacial score (nSPS) is 24.3. The zero-order valence-electron chi connectivity index (χ0n) is 19.2. The summed E-state index contributed by atoms with van der Waals surface area (Å²) < 4.78 is 28.0. The van der Waals surface area contributed by atoms with Crippen molar-refractivity contribution in [2.45, 2.75) is 44.6 Å². The molecule has 5 rings (SSSR count). The fourth-order valence-corrected chi connectivity index (χ4v) is 7.54. The number of H-pyrrole nitrogens is 1. The second-order valence-corrected chi connectivity index (χ2v) is 11.7. The molecular formula is C25H33N5O2S. The Morgan fingerprint density at radius 1 is 1.03 bits per heavy atom. The van der Waals surface area contributed by atoms with Gasteiger partial charge in [0.25, 0.3) is 0 Å². The highest BCUT2D eigenvalue weighted by Crippen LogP contribution is 2.33. The molecule has 1 N–H and O–H groups in total. The molecule has 0 radical (unpaired) electrons. The zero-order valence-corrected chi connectivity index (χ0v) is 20.0. The summed E-state index contributed by atoms with van der Waals surface area (Å²) in [5.74, 6) is 1.89. The topological polar surface area (TPSA) is 82.2 Å². The fraction of sp³-hybridized carbons (Fsp3) is 0.520. The number of hydrogen-bond acceptors (Lipinski definition) is 5. The summed E-state index contributed by atoms with van der Waals surface area (Å²) in [6, 6.07) is 12.8. The van der Waals surface area contributed by atoms with Gasteiger partial charge in [0.1, 0.15) is 17.8 Å². The Morgan fingerprint density at radius 3 is 2.61 bits per heavy atom. The highest BCUT2D eigenvalue weighted by Gasteiger charge is 2.35. The monoisotopic (exact) mass is 467 g/mol. The predicted molar refractivity (Wildman–Crippen MR) is 132 cm³/mol. The molecule has 2 aliphatic rings. The smallest absolute Gasteiger partial charge is 0.214 e. The molecule has 0 amide bonds. The molecule has 1 saturated carbocycles.